The normalized spacial score (nSPS) is 28.4. The van der Waals surface area contributed by atoms with Crippen LogP contribution in [0.25, 0.3) is 0 Å². The fraction of sp³-hybridized carbons (Fsp3) is 0.571. The molecule has 0 spiro atoms. The van der Waals surface area contributed by atoms with E-state index in [0.717, 1.165) is 12.8 Å². The van der Waals surface area contributed by atoms with Crippen LogP contribution in [0.2, 0.25) is 0 Å². The summed E-state index contributed by atoms with van der Waals surface area (Å²) in [4.78, 5) is 10.1. The van der Waals surface area contributed by atoms with Crippen LogP contribution in [0.3, 0.4) is 0 Å². The van der Waals surface area contributed by atoms with Crippen molar-refractivity contribution in [3.63, 3.8) is 0 Å². The third kappa shape index (κ3) is 2.14. The van der Waals surface area contributed by atoms with Crippen LogP contribution >= 0.6 is 0 Å². The van der Waals surface area contributed by atoms with Gasteiger partial charge in [-0.1, -0.05) is 6.58 Å². The lowest BCUT2D eigenvalue weighted by atomic mass is 9.89. The molecule has 0 saturated heterocycles. The number of carboxylic acid groups (broad SMARTS) is 1. The van der Waals surface area contributed by atoms with E-state index in [1.165, 1.54) is 6.26 Å². The third-order valence-corrected chi connectivity index (χ3v) is 1.71. The predicted molar refractivity (Wildman–Crippen MR) is 39.3 cm³/mol. The SMILES string of the molecule is C=COC1CC(NC(=O)O)C1. The molecule has 0 aromatic heterocycles. The molecule has 1 aliphatic rings. The number of amides is 1. The van der Waals surface area contributed by atoms with Gasteiger partial charge in [-0.15, -0.1) is 0 Å². The first-order valence-electron chi connectivity index (χ1n) is 3.48. The molecule has 11 heavy (non-hydrogen) atoms. The van der Waals surface area contributed by atoms with E-state index in [1.54, 1.807) is 0 Å². The van der Waals surface area contributed by atoms with Crippen molar-refractivity contribution in [1.29, 1.82) is 0 Å². The molecule has 4 heteroatoms. The van der Waals surface area contributed by atoms with Gasteiger partial charge in [-0.2, -0.15) is 0 Å². The number of ether oxygens (including phenoxy) is 1. The zero-order valence-corrected chi connectivity index (χ0v) is 6.12. The third-order valence-electron chi connectivity index (χ3n) is 1.71. The summed E-state index contributed by atoms with van der Waals surface area (Å²) in [5, 5.41) is 10.7. The van der Waals surface area contributed by atoms with Gasteiger partial charge in [0.25, 0.3) is 0 Å². The minimum absolute atomic E-state index is 0.0671. The van der Waals surface area contributed by atoms with E-state index in [0.29, 0.717) is 0 Å². The zero-order valence-electron chi connectivity index (χ0n) is 6.12. The van der Waals surface area contributed by atoms with Gasteiger partial charge in [0.05, 0.1) is 6.26 Å². The average molecular weight is 157 g/mol. The average Bonchev–Trinajstić information content (AvgIpc) is 1.82. The van der Waals surface area contributed by atoms with E-state index in [4.69, 9.17) is 9.84 Å². The van der Waals surface area contributed by atoms with E-state index >= 15 is 0 Å². The van der Waals surface area contributed by atoms with E-state index in [9.17, 15) is 4.79 Å². The first kappa shape index (κ1) is 7.91. The molecule has 1 rings (SSSR count). The van der Waals surface area contributed by atoms with Crippen LogP contribution < -0.4 is 5.32 Å². The van der Waals surface area contributed by atoms with Gasteiger partial charge in [-0.05, 0) is 0 Å². The Labute approximate surface area is 64.9 Å². The number of rotatable bonds is 3. The van der Waals surface area contributed by atoms with Gasteiger partial charge >= 0.3 is 6.09 Å². The van der Waals surface area contributed by atoms with Gasteiger partial charge in [0.15, 0.2) is 0 Å². The second-order valence-electron chi connectivity index (χ2n) is 2.54. The van der Waals surface area contributed by atoms with Crippen LogP contribution in [0.5, 0.6) is 0 Å². The zero-order chi connectivity index (χ0) is 8.27. The first-order valence-corrected chi connectivity index (χ1v) is 3.48. The lowest BCUT2D eigenvalue weighted by Gasteiger charge is -2.33. The maximum Gasteiger partial charge on any atom is 0.404 e. The van der Waals surface area contributed by atoms with Crippen molar-refractivity contribution in [1.82, 2.24) is 5.32 Å². The summed E-state index contributed by atoms with van der Waals surface area (Å²) < 4.78 is 5.02. The molecule has 0 unspecified atom stereocenters. The molecule has 0 aromatic rings. The van der Waals surface area contributed by atoms with Gasteiger partial charge in [0, 0.05) is 18.9 Å². The van der Waals surface area contributed by atoms with Crippen molar-refractivity contribution < 1.29 is 14.6 Å². The van der Waals surface area contributed by atoms with E-state index < -0.39 is 6.09 Å². The summed E-state index contributed by atoms with van der Waals surface area (Å²) in [6.07, 6.45) is 2.08. The summed E-state index contributed by atoms with van der Waals surface area (Å²) in [6, 6.07) is 0.0671. The predicted octanol–water partition coefficient (Wildman–Crippen LogP) is 0.945. The van der Waals surface area contributed by atoms with Crippen molar-refractivity contribution in [2.24, 2.45) is 0 Å². The highest BCUT2D eigenvalue weighted by atomic mass is 16.5. The van der Waals surface area contributed by atoms with Crippen LogP contribution in [-0.4, -0.2) is 23.3 Å². The molecule has 1 amide bonds. The van der Waals surface area contributed by atoms with E-state index in [1.807, 2.05) is 0 Å². The molecule has 4 nitrogen and oxygen atoms in total. The molecule has 0 aliphatic heterocycles. The summed E-state index contributed by atoms with van der Waals surface area (Å²) in [6.45, 7) is 3.41. The molecule has 0 bridgehead atoms. The van der Waals surface area contributed by atoms with Crippen molar-refractivity contribution in [3.05, 3.63) is 12.8 Å². The Morgan fingerprint density at radius 1 is 1.73 bits per heavy atom. The van der Waals surface area contributed by atoms with Crippen LogP contribution in [0, 0.1) is 0 Å². The molecular weight excluding hydrogens is 146 g/mol. The quantitative estimate of drug-likeness (QED) is 0.599. The maximum atomic E-state index is 10.1. The molecule has 62 valence electrons. The summed E-state index contributed by atoms with van der Waals surface area (Å²) >= 11 is 0. The van der Waals surface area contributed by atoms with Crippen LogP contribution in [0.1, 0.15) is 12.8 Å². The minimum atomic E-state index is -0.966. The first-order chi connectivity index (χ1) is 5.22. The molecule has 1 aliphatic carbocycles. The number of hydrogen-bond acceptors (Lipinski definition) is 2. The largest absolute Gasteiger partial charge is 0.498 e. The van der Waals surface area contributed by atoms with Crippen LogP contribution in [-0.2, 0) is 4.74 Å². The minimum Gasteiger partial charge on any atom is -0.498 e. The molecular formula is C7H11NO3. The molecule has 1 saturated carbocycles. The maximum absolute atomic E-state index is 10.1. The Hall–Kier alpha value is -1.19. The molecule has 0 aromatic carbocycles. The van der Waals surface area contributed by atoms with Gasteiger partial charge in [-0.25, -0.2) is 4.79 Å². The van der Waals surface area contributed by atoms with Gasteiger partial charge in [-0.3, -0.25) is 0 Å². The molecule has 2 N–H and O–H groups in total. The Balaban J connectivity index is 2.09. The Morgan fingerprint density at radius 2 is 2.36 bits per heavy atom. The second-order valence-corrected chi connectivity index (χ2v) is 2.54. The molecule has 1 fully saturated rings. The Morgan fingerprint density at radius 3 is 2.82 bits per heavy atom. The van der Waals surface area contributed by atoms with Gasteiger partial charge in [0.2, 0.25) is 0 Å². The topological polar surface area (TPSA) is 58.6 Å². The molecule has 0 radical (unpaired) electrons. The molecule has 0 atom stereocenters. The number of nitrogens with one attached hydrogen (secondary N) is 1. The Kier molecular flexibility index (Phi) is 2.36. The summed E-state index contributed by atoms with van der Waals surface area (Å²) in [7, 11) is 0. The lowest BCUT2D eigenvalue weighted by Crippen LogP contribution is -2.46. The lowest BCUT2D eigenvalue weighted by molar-refractivity contribution is 0.0466. The van der Waals surface area contributed by atoms with Gasteiger partial charge < -0.3 is 15.2 Å². The standard InChI is InChI=1S/C7H11NO3/c1-2-11-6-3-5(4-6)8-7(9)10/h2,5-6,8H,1,3-4H2,(H,9,10). The summed E-state index contributed by atoms with van der Waals surface area (Å²) in [5.41, 5.74) is 0. The monoisotopic (exact) mass is 157 g/mol. The Bertz CT molecular complexity index is 163. The highest BCUT2D eigenvalue weighted by Gasteiger charge is 2.30. The van der Waals surface area contributed by atoms with Crippen molar-refractivity contribution in [3.8, 4) is 0 Å². The van der Waals surface area contributed by atoms with Crippen LogP contribution in [0.15, 0.2) is 12.8 Å². The molecule has 0 heterocycles. The highest BCUT2D eigenvalue weighted by molar-refractivity contribution is 5.65. The number of carbonyl (C=O) groups is 1. The van der Waals surface area contributed by atoms with Crippen LogP contribution in [0.4, 0.5) is 4.79 Å². The van der Waals surface area contributed by atoms with E-state index in [2.05, 4.69) is 11.9 Å². The van der Waals surface area contributed by atoms with E-state index in [-0.39, 0.29) is 12.1 Å². The van der Waals surface area contributed by atoms with Crippen molar-refractivity contribution >= 4 is 6.09 Å². The fourth-order valence-electron chi connectivity index (χ4n) is 1.11. The number of hydrogen-bond donors (Lipinski definition) is 2. The van der Waals surface area contributed by atoms with Crippen molar-refractivity contribution in [2.75, 3.05) is 0 Å². The van der Waals surface area contributed by atoms with Crippen molar-refractivity contribution in [2.45, 2.75) is 25.0 Å². The van der Waals surface area contributed by atoms with Gasteiger partial charge in [0.1, 0.15) is 6.10 Å². The fourth-order valence-corrected chi connectivity index (χ4v) is 1.11. The smallest absolute Gasteiger partial charge is 0.404 e. The highest BCUT2D eigenvalue weighted by Crippen LogP contribution is 2.23. The second kappa shape index (κ2) is 3.27. The summed E-state index contributed by atoms with van der Waals surface area (Å²) in [5.74, 6) is 0.